The highest BCUT2D eigenvalue weighted by Crippen LogP contribution is 2.37. The molecular weight excluding hydrogens is 405 g/mol. The topological polar surface area (TPSA) is 54.5 Å². The highest BCUT2D eigenvalue weighted by molar-refractivity contribution is 7.07. The van der Waals surface area contributed by atoms with E-state index in [0.29, 0.717) is 23.3 Å². The normalized spacial score (nSPS) is 17.9. The Morgan fingerprint density at radius 1 is 1.26 bits per heavy atom. The Kier molecular flexibility index (Phi) is 7.91. The first-order valence-electron chi connectivity index (χ1n) is 8.84. The van der Waals surface area contributed by atoms with Crippen LogP contribution in [0.1, 0.15) is 35.3 Å². The molecule has 4 rings (SSSR count). The van der Waals surface area contributed by atoms with Gasteiger partial charge < -0.3 is 15.0 Å². The van der Waals surface area contributed by atoms with Gasteiger partial charge in [-0.25, -0.2) is 4.98 Å². The molecule has 1 amide bonds. The molecule has 2 aliphatic rings. The summed E-state index contributed by atoms with van der Waals surface area (Å²) in [5.41, 5.74) is 3.83. The molecule has 2 aliphatic heterocycles. The number of halogens is 2. The Morgan fingerprint density at radius 2 is 2.07 bits per heavy atom. The monoisotopic (exact) mass is 429 g/mol. The average Bonchev–Trinajstić information content (AvgIpc) is 3.33. The van der Waals surface area contributed by atoms with Gasteiger partial charge in [-0.15, -0.1) is 36.2 Å². The van der Waals surface area contributed by atoms with E-state index in [9.17, 15) is 4.79 Å². The van der Waals surface area contributed by atoms with Crippen molar-refractivity contribution in [1.82, 2.24) is 15.2 Å². The number of nitrogens with one attached hydrogen (secondary N) is 1. The third-order valence-corrected chi connectivity index (χ3v) is 6.03. The van der Waals surface area contributed by atoms with Crippen molar-refractivity contribution in [3.05, 3.63) is 46.4 Å². The van der Waals surface area contributed by atoms with Crippen LogP contribution in [-0.2, 0) is 6.61 Å². The molecule has 0 aliphatic carbocycles. The van der Waals surface area contributed by atoms with Gasteiger partial charge in [-0.05, 0) is 49.4 Å². The summed E-state index contributed by atoms with van der Waals surface area (Å²) in [6, 6.07) is 7.49. The lowest BCUT2D eigenvalue weighted by molar-refractivity contribution is 0.0607. The van der Waals surface area contributed by atoms with Crippen LogP contribution < -0.4 is 10.1 Å². The number of nitrogens with zero attached hydrogens (tertiary/aromatic N) is 2. The molecule has 1 N–H and O–H groups in total. The van der Waals surface area contributed by atoms with Gasteiger partial charge in [-0.3, -0.25) is 4.79 Å². The van der Waals surface area contributed by atoms with Crippen LogP contribution in [0.25, 0.3) is 0 Å². The molecule has 0 radical (unpaired) electrons. The first-order valence-corrected chi connectivity index (χ1v) is 9.78. The van der Waals surface area contributed by atoms with Gasteiger partial charge in [0.1, 0.15) is 12.4 Å². The third-order valence-electron chi connectivity index (χ3n) is 5.39. The van der Waals surface area contributed by atoms with E-state index >= 15 is 0 Å². The lowest BCUT2D eigenvalue weighted by Gasteiger charge is -2.38. The Balaban J connectivity index is 0.00000131. The van der Waals surface area contributed by atoms with E-state index < -0.39 is 0 Å². The van der Waals surface area contributed by atoms with Gasteiger partial charge in [0, 0.05) is 30.6 Å². The van der Waals surface area contributed by atoms with Crippen molar-refractivity contribution in [2.24, 2.45) is 5.41 Å². The molecule has 0 atom stereocenters. The van der Waals surface area contributed by atoms with E-state index in [4.69, 9.17) is 4.74 Å². The SMILES string of the molecule is Cl.Cl.O=C(c1cccc(OCc2cscn2)c1)N1CCC2(CCNC2)CC1. The van der Waals surface area contributed by atoms with Crippen LogP contribution in [0.5, 0.6) is 5.75 Å². The lowest BCUT2D eigenvalue weighted by Crippen LogP contribution is -2.44. The molecule has 5 nitrogen and oxygen atoms in total. The van der Waals surface area contributed by atoms with Crippen LogP contribution in [-0.4, -0.2) is 42.0 Å². The number of aromatic nitrogens is 1. The number of hydrogen-bond donors (Lipinski definition) is 1. The smallest absolute Gasteiger partial charge is 0.253 e. The fourth-order valence-corrected chi connectivity index (χ4v) is 4.32. The van der Waals surface area contributed by atoms with Gasteiger partial charge in [0.15, 0.2) is 0 Å². The minimum Gasteiger partial charge on any atom is -0.487 e. The number of hydrogen-bond acceptors (Lipinski definition) is 5. The van der Waals surface area contributed by atoms with Crippen molar-refractivity contribution < 1.29 is 9.53 Å². The molecular formula is C19H25Cl2N3O2S. The van der Waals surface area contributed by atoms with Crippen molar-refractivity contribution in [1.29, 1.82) is 0 Å². The van der Waals surface area contributed by atoms with Crippen LogP contribution in [0, 0.1) is 5.41 Å². The van der Waals surface area contributed by atoms with Gasteiger partial charge in [-0.1, -0.05) is 6.07 Å². The summed E-state index contributed by atoms with van der Waals surface area (Å²) in [4.78, 5) is 19.0. The fraction of sp³-hybridized carbons (Fsp3) is 0.474. The van der Waals surface area contributed by atoms with E-state index in [2.05, 4.69) is 10.3 Å². The van der Waals surface area contributed by atoms with Crippen molar-refractivity contribution in [2.45, 2.75) is 25.9 Å². The van der Waals surface area contributed by atoms with Crippen LogP contribution >= 0.6 is 36.2 Å². The number of amides is 1. The Bertz CT molecular complexity index is 726. The second-order valence-electron chi connectivity index (χ2n) is 7.02. The lowest BCUT2D eigenvalue weighted by atomic mass is 9.78. The van der Waals surface area contributed by atoms with E-state index in [1.807, 2.05) is 34.5 Å². The van der Waals surface area contributed by atoms with Crippen molar-refractivity contribution >= 4 is 42.1 Å². The molecule has 27 heavy (non-hydrogen) atoms. The maximum atomic E-state index is 12.8. The Labute approximate surface area is 176 Å². The number of benzene rings is 1. The average molecular weight is 430 g/mol. The molecule has 0 bridgehead atoms. The van der Waals surface area contributed by atoms with E-state index in [1.54, 1.807) is 16.8 Å². The standard InChI is InChI=1S/C19H23N3O2S.2ClH/c23-18(22-8-5-19(6-9-22)4-7-20-13-19)15-2-1-3-17(10-15)24-11-16-12-25-14-21-16;;/h1-3,10,12,14,20H,4-9,11,13H2;2*1H. The van der Waals surface area contributed by atoms with Gasteiger partial charge in [0.05, 0.1) is 11.2 Å². The molecule has 3 heterocycles. The van der Waals surface area contributed by atoms with E-state index in [0.717, 1.165) is 44.7 Å². The Morgan fingerprint density at radius 3 is 2.74 bits per heavy atom. The van der Waals surface area contributed by atoms with Crippen LogP contribution in [0.4, 0.5) is 0 Å². The highest BCUT2D eigenvalue weighted by atomic mass is 35.5. The maximum absolute atomic E-state index is 12.8. The molecule has 148 valence electrons. The summed E-state index contributed by atoms with van der Waals surface area (Å²) in [6.45, 7) is 4.36. The second kappa shape index (κ2) is 9.73. The predicted octanol–water partition coefficient (Wildman–Crippen LogP) is 3.78. The third kappa shape index (κ3) is 5.13. The van der Waals surface area contributed by atoms with E-state index in [1.165, 1.54) is 6.42 Å². The fourth-order valence-electron chi connectivity index (χ4n) is 3.77. The zero-order valence-electron chi connectivity index (χ0n) is 15.1. The molecule has 2 aromatic rings. The number of ether oxygens (including phenoxy) is 1. The second-order valence-corrected chi connectivity index (χ2v) is 7.73. The first kappa shape index (κ1) is 22.0. The zero-order valence-corrected chi connectivity index (χ0v) is 17.5. The molecule has 8 heteroatoms. The summed E-state index contributed by atoms with van der Waals surface area (Å²) >= 11 is 1.55. The number of rotatable bonds is 4. The summed E-state index contributed by atoms with van der Waals surface area (Å²) in [7, 11) is 0. The molecule has 2 fully saturated rings. The molecule has 1 aromatic heterocycles. The summed E-state index contributed by atoms with van der Waals surface area (Å²) in [5, 5.41) is 5.44. The largest absolute Gasteiger partial charge is 0.487 e. The summed E-state index contributed by atoms with van der Waals surface area (Å²) in [6.07, 6.45) is 3.45. The minimum atomic E-state index is 0. The first-order chi connectivity index (χ1) is 12.2. The summed E-state index contributed by atoms with van der Waals surface area (Å²) < 4.78 is 5.77. The minimum absolute atomic E-state index is 0. The molecule has 1 spiro atoms. The highest BCUT2D eigenvalue weighted by Gasteiger charge is 2.38. The van der Waals surface area contributed by atoms with Gasteiger partial charge in [0.25, 0.3) is 5.91 Å². The van der Waals surface area contributed by atoms with Crippen molar-refractivity contribution in [3.63, 3.8) is 0 Å². The zero-order chi connectivity index (χ0) is 17.1. The van der Waals surface area contributed by atoms with Crippen molar-refractivity contribution in [3.8, 4) is 5.75 Å². The number of thiazole rings is 1. The quantitative estimate of drug-likeness (QED) is 0.802. The van der Waals surface area contributed by atoms with Crippen LogP contribution in [0.15, 0.2) is 35.2 Å². The van der Waals surface area contributed by atoms with Gasteiger partial charge >= 0.3 is 0 Å². The number of piperidine rings is 1. The molecule has 0 saturated carbocycles. The van der Waals surface area contributed by atoms with E-state index in [-0.39, 0.29) is 30.7 Å². The van der Waals surface area contributed by atoms with Crippen LogP contribution in [0.2, 0.25) is 0 Å². The predicted molar refractivity (Wildman–Crippen MR) is 112 cm³/mol. The van der Waals surface area contributed by atoms with Crippen molar-refractivity contribution in [2.75, 3.05) is 26.2 Å². The van der Waals surface area contributed by atoms with Gasteiger partial charge in [-0.2, -0.15) is 0 Å². The van der Waals surface area contributed by atoms with Crippen LogP contribution in [0.3, 0.4) is 0 Å². The maximum Gasteiger partial charge on any atom is 0.253 e. The molecule has 0 unspecified atom stereocenters. The number of likely N-dealkylation sites (tertiary alicyclic amines) is 1. The number of carbonyl (C=O) groups excluding carboxylic acids is 1. The summed E-state index contributed by atoms with van der Waals surface area (Å²) in [5.74, 6) is 0.826. The Hall–Kier alpha value is -1.34. The number of carbonyl (C=O) groups is 1. The molecule has 2 saturated heterocycles. The molecule has 1 aromatic carbocycles. The van der Waals surface area contributed by atoms with Gasteiger partial charge in [0.2, 0.25) is 0 Å².